The number of carbonyl (C=O) groups is 1. The topological polar surface area (TPSA) is 122 Å². The lowest BCUT2D eigenvalue weighted by atomic mass is 10.2. The molecule has 3 aromatic rings. The summed E-state index contributed by atoms with van der Waals surface area (Å²) in [6.07, 6.45) is 0.488. The summed E-state index contributed by atoms with van der Waals surface area (Å²) >= 11 is 0. The molecule has 25 heavy (non-hydrogen) atoms. The van der Waals surface area contributed by atoms with Crippen LogP contribution in [0.4, 0.5) is 0 Å². The number of fused-ring (bicyclic) bond motifs is 1. The van der Waals surface area contributed by atoms with Gasteiger partial charge in [0.15, 0.2) is 11.9 Å². The SMILES string of the molecule is Cc1noc(C(C)OC(=O)c2cnc3c(c2)c(=O)n(C)c(=O)n3C)n1. The van der Waals surface area contributed by atoms with Gasteiger partial charge in [-0.05, 0) is 19.9 Å². The van der Waals surface area contributed by atoms with Crippen molar-refractivity contribution in [3.63, 3.8) is 0 Å². The van der Waals surface area contributed by atoms with Crippen molar-refractivity contribution in [3.8, 4) is 0 Å². The number of hydrogen-bond acceptors (Lipinski definition) is 8. The van der Waals surface area contributed by atoms with Gasteiger partial charge in [-0.1, -0.05) is 5.16 Å². The monoisotopic (exact) mass is 345 g/mol. The van der Waals surface area contributed by atoms with Gasteiger partial charge in [-0.25, -0.2) is 14.6 Å². The third kappa shape index (κ3) is 2.82. The van der Waals surface area contributed by atoms with E-state index in [0.29, 0.717) is 5.82 Å². The van der Waals surface area contributed by atoms with Gasteiger partial charge in [-0.2, -0.15) is 4.98 Å². The Morgan fingerprint density at radius 3 is 2.64 bits per heavy atom. The maximum absolute atomic E-state index is 12.3. The number of aromatic nitrogens is 5. The van der Waals surface area contributed by atoms with E-state index >= 15 is 0 Å². The van der Waals surface area contributed by atoms with Crippen molar-refractivity contribution in [3.05, 3.63) is 50.4 Å². The fourth-order valence-corrected chi connectivity index (χ4v) is 2.33. The second-order valence-corrected chi connectivity index (χ2v) is 5.53. The van der Waals surface area contributed by atoms with Gasteiger partial charge < -0.3 is 9.26 Å². The average Bonchev–Trinajstić information content (AvgIpc) is 3.04. The minimum absolute atomic E-state index is 0.0753. The minimum Gasteiger partial charge on any atom is -0.449 e. The predicted molar refractivity (Wildman–Crippen MR) is 85.1 cm³/mol. The molecule has 0 saturated heterocycles. The van der Waals surface area contributed by atoms with Crippen LogP contribution in [0.15, 0.2) is 26.4 Å². The van der Waals surface area contributed by atoms with E-state index in [1.807, 2.05) is 0 Å². The molecule has 0 fully saturated rings. The Bertz CT molecular complexity index is 1090. The number of carbonyl (C=O) groups excluding carboxylic acids is 1. The molecule has 1 unspecified atom stereocenters. The molecule has 0 radical (unpaired) electrons. The first kappa shape index (κ1) is 16.6. The first-order valence-corrected chi connectivity index (χ1v) is 7.36. The zero-order chi connectivity index (χ0) is 18.3. The third-order valence-corrected chi connectivity index (χ3v) is 3.70. The van der Waals surface area contributed by atoms with Crippen molar-refractivity contribution in [1.82, 2.24) is 24.3 Å². The van der Waals surface area contributed by atoms with Gasteiger partial charge in [0.05, 0.1) is 10.9 Å². The number of hydrogen-bond donors (Lipinski definition) is 0. The van der Waals surface area contributed by atoms with Gasteiger partial charge in [0.25, 0.3) is 11.4 Å². The molecular weight excluding hydrogens is 330 g/mol. The minimum atomic E-state index is -0.757. The van der Waals surface area contributed by atoms with Crippen molar-refractivity contribution in [2.45, 2.75) is 20.0 Å². The molecule has 3 aromatic heterocycles. The highest BCUT2D eigenvalue weighted by Crippen LogP contribution is 2.17. The molecule has 10 nitrogen and oxygen atoms in total. The van der Waals surface area contributed by atoms with E-state index in [-0.39, 0.29) is 22.5 Å². The summed E-state index contributed by atoms with van der Waals surface area (Å²) in [5.74, 6) is -0.110. The molecule has 0 N–H and O–H groups in total. The maximum Gasteiger partial charge on any atom is 0.340 e. The van der Waals surface area contributed by atoms with Crippen LogP contribution in [0.3, 0.4) is 0 Å². The fourth-order valence-electron chi connectivity index (χ4n) is 2.33. The Hall–Kier alpha value is -3.30. The van der Waals surface area contributed by atoms with Gasteiger partial charge in [0, 0.05) is 20.3 Å². The summed E-state index contributed by atoms with van der Waals surface area (Å²) in [4.78, 5) is 44.5. The third-order valence-electron chi connectivity index (χ3n) is 3.70. The number of esters is 1. The van der Waals surface area contributed by atoms with Gasteiger partial charge >= 0.3 is 11.7 Å². The first-order chi connectivity index (χ1) is 11.8. The Balaban J connectivity index is 1.97. The summed E-state index contributed by atoms with van der Waals surface area (Å²) in [6, 6.07) is 1.35. The summed E-state index contributed by atoms with van der Waals surface area (Å²) in [5, 5.41) is 3.77. The highest BCUT2D eigenvalue weighted by molar-refractivity contribution is 5.92. The van der Waals surface area contributed by atoms with E-state index in [1.165, 1.54) is 30.9 Å². The lowest BCUT2D eigenvalue weighted by Crippen LogP contribution is -2.37. The van der Waals surface area contributed by atoms with Crippen LogP contribution in [-0.4, -0.2) is 30.2 Å². The molecule has 10 heteroatoms. The van der Waals surface area contributed by atoms with Crippen molar-refractivity contribution >= 4 is 17.0 Å². The fraction of sp³-hybridized carbons (Fsp3) is 0.333. The van der Waals surface area contributed by atoms with Gasteiger partial charge in [0.1, 0.15) is 5.65 Å². The smallest absolute Gasteiger partial charge is 0.340 e. The quantitative estimate of drug-likeness (QED) is 0.619. The van der Waals surface area contributed by atoms with Gasteiger partial charge in [-0.15, -0.1) is 0 Å². The van der Waals surface area contributed by atoms with Gasteiger partial charge in [-0.3, -0.25) is 13.9 Å². The lowest BCUT2D eigenvalue weighted by Gasteiger charge is -2.10. The molecule has 0 spiro atoms. The van der Waals surface area contributed by atoms with Gasteiger partial charge in [0.2, 0.25) is 0 Å². The number of aryl methyl sites for hydroxylation is 2. The number of nitrogens with zero attached hydrogens (tertiary/aromatic N) is 5. The molecule has 3 heterocycles. The van der Waals surface area contributed by atoms with Crippen molar-refractivity contribution < 1.29 is 14.1 Å². The van der Waals surface area contributed by atoms with Crippen LogP contribution in [0.2, 0.25) is 0 Å². The first-order valence-electron chi connectivity index (χ1n) is 7.36. The van der Waals surface area contributed by atoms with Crippen molar-refractivity contribution in [2.24, 2.45) is 14.1 Å². The number of rotatable bonds is 3. The Morgan fingerprint density at radius 2 is 2.00 bits per heavy atom. The summed E-state index contributed by atoms with van der Waals surface area (Å²) in [7, 11) is 2.85. The van der Waals surface area contributed by atoms with Crippen LogP contribution >= 0.6 is 0 Å². The molecule has 3 rings (SSSR count). The molecule has 0 saturated carbocycles. The largest absolute Gasteiger partial charge is 0.449 e. The molecule has 0 bridgehead atoms. The van der Waals surface area contributed by atoms with E-state index < -0.39 is 23.3 Å². The number of ether oxygens (including phenoxy) is 1. The van der Waals surface area contributed by atoms with E-state index in [4.69, 9.17) is 9.26 Å². The van der Waals surface area contributed by atoms with Crippen LogP contribution in [0.25, 0.3) is 11.0 Å². The normalized spacial score (nSPS) is 12.3. The second-order valence-electron chi connectivity index (χ2n) is 5.53. The second kappa shape index (κ2) is 5.96. The Labute approximate surface area is 140 Å². The van der Waals surface area contributed by atoms with Crippen LogP contribution in [0.5, 0.6) is 0 Å². The number of pyridine rings is 1. The van der Waals surface area contributed by atoms with Crippen LogP contribution in [0.1, 0.15) is 35.1 Å². The molecule has 0 aliphatic heterocycles. The standard InChI is InChI=1S/C15H15N5O5/c1-7(12-17-8(2)18-25-12)24-14(22)9-5-10-11(16-6-9)19(3)15(23)20(4)13(10)21/h5-7H,1-4H3. The Morgan fingerprint density at radius 1 is 1.28 bits per heavy atom. The summed E-state index contributed by atoms with van der Waals surface area (Å²) in [5.41, 5.74) is -0.780. The molecular formula is C15H15N5O5. The van der Waals surface area contributed by atoms with Crippen molar-refractivity contribution in [2.75, 3.05) is 0 Å². The zero-order valence-electron chi connectivity index (χ0n) is 14.0. The van der Waals surface area contributed by atoms with Crippen LogP contribution in [0, 0.1) is 6.92 Å². The van der Waals surface area contributed by atoms with Crippen LogP contribution in [-0.2, 0) is 18.8 Å². The highest BCUT2D eigenvalue weighted by atomic mass is 16.6. The van der Waals surface area contributed by atoms with Crippen LogP contribution < -0.4 is 11.2 Å². The molecule has 0 amide bonds. The zero-order valence-corrected chi connectivity index (χ0v) is 14.0. The molecule has 0 aliphatic carbocycles. The average molecular weight is 345 g/mol. The Kier molecular flexibility index (Phi) is 3.95. The highest BCUT2D eigenvalue weighted by Gasteiger charge is 2.20. The summed E-state index contributed by atoms with van der Waals surface area (Å²) in [6.45, 7) is 3.23. The molecule has 130 valence electrons. The molecule has 1 atom stereocenters. The van der Waals surface area contributed by atoms with E-state index in [1.54, 1.807) is 13.8 Å². The molecule has 0 aromatic carbocycles. The summed E-state index contributed by atoms with van der Waals surface area (Å²) < 4.78 is 12.4. The predicted octanol–water partition coefficient (Wildman–Crippen LogP) is 0.242. The van der Waals surface area contributed by atoms with E-state index in [2.05, 4.69) is 15.1 Å². The molecule has 0 aliphatic rings. The van der Waals surface area contributed by atoms with E-state index in [0.717, 1.165) is 4.57 Å². The van der Waals surface area contributed by atoms with E-state index in [9.17, 15) is 14.4 Å². The van der Waals surface area contributed by atoms with Crippen molar-refractivity contribution in [1.29, 1.82) is 0 Å². The lowest BCUT2D eigenvalue weighted by molar-refractivity contribution is 0.0265. The maximum atomic E-state index is 12.3.